The molecule has 0 aliphatic heterocycles. The van der Waals surface area contributed by atoms with Crippen LogP contribution in [0.2, 0.25) is 0 Å². The van der Waals surface area contributed by atoms with Gasteiger partial charge in [-0.25, -0.2) is 0 Å². The summed E-state index contributed by atoms with van der Waals surface area (Å²) < 4.78 is 6.67. The zero-order valence-corrected chi connectivity index (χ0v) is 12.8. The number of hydrogen-bond acceptors (Lipinski definition) is 7. The maximum Gasteiger partial charge on any atom is 0.286 e. The minimum atomic E-state index is -0.289. The first-order chi connectivity index (χ1) is 10.2. The molecule has 2 N–H and O–H groups in total. The summed E-state index contributed by atoms with van der Waals surface area (Å²) in [6.07, 6.45) is 4.32. The lowest BCUT2D eigenvalue weighted by Crippen LogP contribution is -2.11. The lowest BCUT2D eigenvalue weighted by atomic mass is 10.5. The number of nitrogens with one attached hydrogen (secondary N) is 2. The van der Waals surface area contributed by atoms with E-state index in [1.54, 1.807) is 24.2 Å². The Hall–Kier alpha value is -2.00. The smallest absolute Gasteiger partial charge is 0.286 e. The minimum absolute atomic E-state index is 0.289. The highest BCUT2D eigenvalue weighted by atomic mass is 32.1. The molecular weight excluding hydrogens is 292 g/mol. The van der Waals surface area contributed by atoms with Gasteiger partial charge in [-0.3, -0.25) is 9.48 Å². The molecule has 9 heteroatoms. The number of nitrogens with zero attached hydrogens (tertiary/aromatic N) is 4. The van der Waals surface area contributed by atoms with Gasteiger partial charge in [0.15, 0.2) is 0 Å². The van der Waals surface area contributed by atoms with Gasteiger partial charge in [0.1, 0.15) is 0 Å². The summed E-state index contributed by atoms with van der Waals surface area (Å²) in [5, 5.41) is 18.7. The zero-order valence-electron chi connectivity index (χ0n) is 12.0. The molecule has 0 radical (unpaired) electrons. The van der Waals surface area contributed by atoms with Crippen molar-refractivity contribution in [2.24, 2.45) is 0 Å². The van der Waals surface area contributed by atoms with Crippen LogP contribution < -0.4 is 10.6 Å². The molecule has 0 unspecified atom stereocenters. The molecular formula is C12H18N6O2S. The molecule has 0 saturated carbocycles. The highest BCUT2D eigenvalue weighted by Crippen LogP contribution is 2.16. The second-order valence-corrected chi connectivity index (χ2v) is 5.26. The number of rotatable bonds is 8. The van der Waals surface area contributed by atoms with Gasteiger partial charge >= 0.3 is 0 Å². The first-order valence-electron chi connectivity index (χ1n) is 6.63. The lowest BCUT2D eigenvalue weighted by molar-refractivity contribution is 0.102. The molecule has 0 aromatic carbocycles. The van der Waals surface area contributed by atoms with E-state index in [1.807, 2.05) is 0 Å². The molecule has 0 aliphatic rings. The third kappa shape index (κ3) is 4.50. The molecule has 1 amide bonds. The molecule has 0 saturated heterocycles. The van der Waals surface area contributed by atoms with Gasteiger partial charge in [-0.1, -0.05) is 18.3 Å². The average Bonchev–Trinajstić information content (AvgIpc) is 3.12. The van der Waals surface area contributed by atoms with E-state index in [1.165, 1.54) is 11.3 Å². The number of methoxy groups -OCH3 is 1. The maximum atomic E-state index is 12.0. The van der Waals surface area contributed by atoms with Gasteiger partial charge in [-0.05, 0) is 6.42 Å². The van der Waals surface area contributed by atoms with Gasteiger partial charge in [-0.2, -0.15) is 5.10 Å². The molecule has 0 spiro atoms. The lowest BCUT2D eigenvalue weighted by Gasteiger charge is -1.99. The van der Waals surface area contributed by atoms with Gasteiger partial charge < -0.3 is 15.4 Å². The van der Waals surface area contributed by atoms with E-state index in [4.69, 9.17) is 4.74 Å². The summed E-state index contributed by atoms with van der Waals surface area (Å²) in [5.74, 6) is -0.289. The first kappa shape index (κ1) is 15.4. The second kappa shape index (κ2) is 7.70. The van der Waals surface area contributed by atoms with Crippen molar-refractivity contribution >= 4 is 28.1 Å². The van der Waals surface area contributed by atoms with Crippen LogP contribution in [0.4, 0.5) is 10.8 Å². The summed E-state index contributed by atoms with van der Waals surface area (Å²) in [7, 11) is 1.63. The van der Waals surface area contributed by atoms with Crippen LogP contribution in [0.25, 0.3) is 0 Å². The van der Waals surface area contributed by atoms with Gasteiger partial charge in [0.25, 0.3) is 5.91 Å². The highest BCUT2D eigenvalue weighted by molar-refractivity contribution is 7.17. The maximum absolute atomic E-state index is 12.0. The van der Waals surface area contributed by atoms with Gasteiger partial charge in [0.2, 0.25) is 10.1 Å². The van der Waals surface area contributed by atoms with Crippen LogP contribution in [0.1, 0.15) is 23.1 Å². The Labute approximate surface area is 126 Å². The van der Waals surface area contributed by atoms with E-state index >= 15 is 0 Å². The number of hydrogen-bond donors (Lipinski definition) is 2. The predicted octanol–water partition coefficient (Wildman–Crippen LogP) is 1.46. The molecule has 0 aliphatic carbocycles. The number of aromatic nitrogens is 4. The summed E-state index contributed by atoms with van der Waals surface area (Å²) in [4.78, 5) is 12.0. The van der Waals surface area contributed by atoms with E-state index in [0.717, 1.165) is 13.0 Å². The molecule has 2 heterocycles. The monoisotopic (exact) mass is 310 g/mol. The highest BCUT2D eigenvalue weighted by Gasteiger charge is 2.13. The number of carbonyl (C=O) groups excluding carboxylic acids is 1. The van der Waals surface area contributed by atoms with Gasteiger partial charge in [-0.15, -0.1) is 10.2 Å². The Bertz CT molecular complexity index is 582. The minimum Gasteiger partial charge on any atom is -0.383 e. The van der Waals surface area contributed by atoms with E-state index in [0.29, 0.717) is 29.0 Å². The Morgan fingerprint density at radius 3 is 3.10 bits per heavy atom. The number of anilines is 2. The van der Waals surface area contributed by atoms with Gasteiger partial charge in [0.05, 0.1) is 25.0 Å². The quantitative estimate of drug-likeness (QED) is 0.766. The molecule has 8 nitrogen and oxygen atoms in total. The Balaban J connectivity index is 1.91. The predicted molar refractivity (Wildman–Crippen MR) is 80.7 cm³/mol. The normalized spacial score (nSPS) is 10.6. The van der Waals surface area contributed by atoms with Gasteiger partial charge in [0, 0.05) is 19.9 Å². The largest absolute Gasteiger partial charge is 0.383 e. The molecule has 114 valence electrons. The summed E-state index contributed by atoms with van der Waals surface area (Å²) in [6, 6.07) is 0. The summed E-state index contributed by atoms with van der Waals surface area (Å²) >= 11 is 1.23. The Morgan fingerprint density at radius 2 is 2.33 bits per heavy atom. The van der Waals surface area contributed by atoms with Crippen LogP contribution in [-0.4, -0.2) is 46.1 Å². The standard InChI is InChI=1S/C12H18N6O2S/c1-3-4-13-12-17-16-11(21-12)10(19)15-9-7-14-18(8-9)5-6-20-2/h7-8H,3-6H2,1-2H3,(H,13,17)(H,15,19). The number of amides is 1. The Kier molecular flexibility index (Phi) is 5.64. The van der Waals surface area contributed by atoms with Crippen LogP contribution in [0.5, 0.6) is 0 Å². The van der Waals surface area contributed by atoms with Crippen molar-refractivity contribution in [2.45, 2.75) is 19.9 Å². The van der Waals surface area contributed by atoms with Crippen LogP contribution in [0, 0.1) is 0 Å². The number of ether oxygens (including phenoxy) is 1. The molecule has 0 fully saturated rings. The van der Waals surface area contributed by atoms with Crippen LogP contribution >= 0.6 is 11.3 Å². The van der Waals surface area contributed by atoms with Crippen LogP contribution in [-0.2, 0) is 11.3 Å². The fourth-order valence-corrected chi connectivity index (χ4v) is 2.20. The summed E-state index contributed by atoms with van der Waals surface area (Å²) in [6.45, 7) is 4.07. The van der Waals surface area contributed by atoms with Crippen molar-refractivity contribution in [3.8, 4) is 0 Å². The van der Waals surface area contributed by atoms with Crippen molar-refractivity contribution in [1.29, 1.82) is 0 Å². The molecule has 2 rings (SSSR count). The zero-order chi connectivity index (χ0) is 15.1. The second-order valence-electron chi connectivity index (χ2n) is 4.28. The Morgan fingerprint density at radius 1 is 1.48 bits per heavy atom. The molecule has 21 heavy (non-hydrogen) atoms. The average molecular weight is 310 g/mol. The molecule has 2 aromatic rings. The van der Waals surface area contributed by atoms with Crippen molar-refractivity contribution in [1.82, 2.24) is 20.0 Å². The van der Waals surface area contributed by atoms with Crippen molar-refractivity contribution in [3.05, 3.63) is 17.4 Å². The van der Waals surface area contributed by atoms with Crippen molar-refractivity contribution in [3.63, 3.8) is 0 Å². The SMILES string of the molecule is CCCNc1nnc(C(=O)Nc2cnn(CCOC)c2)s1. The number of carbonyl (C=O) groups is 1. The third-order valence-corrected chi connectivity index (χ3v) is 3.44. The van der Waals surface area contributed by atoms with Crippen molar-refractivity contribution in [2.75, 3.05) is 30.9 Å². The topological polar surface area (TPSA) is 94.0 Å². The fraction of sp³-hybridized carbons (Fsp3) is 0.500. The van der Waals surface area contributed by atoms with Crippen LogP contribution in [0.15, 0.2) is 12.4 Å². The van der Waals surface area contributed by atoms with E-state index in [2.05, 4.69) is 32.9 Å². The molecule has 2 aromatic heterocycles. The molecule has 0 atom stereocenters. The first-order valence-corrected chi connectivity index (χ1v) is 7.44. The van der Waals surface area contributed by atoms with Crippen LogP contribution in [0.3, 0.4) is 0 Å². The van der Waals surface area contributed by atoms with E-state index in [9.17, 15) is 4.79 Å². The van der Waals surface area contributed by atoms with Crippen molar-refractivity contribution < 1.29 is 9.53 Å². The third-order valence-electron chi connectivity index (χ3n) is 2.56. The fourth-order valence-electron chi connectivity index (χ4n) is 1.54. The molecule has 0 bridgehead atoms. The van der Waals surface area contributed by atoms with E-state index in [-0.39, 0.29) is 5.91 Å². The van der Waals surface area contributed by atoms with E-state index < -0.39 is 0 Å². The summed E-state index contributed by atoms with van der Waals surface area (Å²) in [5.41, 5.74) is 0.620.